The van der Waals surface area contributed by atoms with E-state index in [1.54, 1.807) is 7.11 Å². The summed E-state index contributed by atoms with van der Waals surface area (Å²) in [5.74, 6) is 1.48. The van der Waals surface area contributed by atoms with Crippen LogP contribution >= 0.6 is 15.9 Å². The lowest BCUT2D eigenvalue weighted by Gasteiger charge is -2.20. The molecule has 0 heterocycles. The molecule has 2 N–H and O–H groups in total. The minimum Gasteiger partial charge on any atom is -0.497 e. The molecule has 26 heavy (non-hydrogen) atoms. The molecule has 2 aromatic rings. The first-order valence-electron chi connectivity index (χ1n) is 8.99. The summed E-state index contributed by atoms with van der Waals surface area (Å²) >= 11 is 3.43. The Hall–Kier alpha value is -1.85. The van der Waals surface area contributed by atoms with Crippen LogP contribution < -0.4 is 15.4 Å². The molecule has 2 aromatic carbocycles. The van der Waals surface area contributed by atoms with Gasteiger partial charge in [0.05, 0.1) is 19.7 Å². The zero-order valence-electron chi connectivity index (χ0n) is 15.2. The maximum Gasteiger partial charge on any atom is 0.234 e. The molecule has 1 aliphatic rings. The number of hydrogen-bond acceptors (Lipinski definition) is 3. The second-order valence-corrected chi connectivity index (χ2v) is 7.73. The normalized spacial score (nSPS) is 16.0. The van der Waals surface area contributed by atoms with Crippen LogP contribution in [0.25, 0.3) is 0 Å². The third kappa shape index (κ3) is 5.08. The van der Waals surface area contributed by atoms with Gasteiger partial charge in [0.25, 0.3) is 0 Å². The molecule has 1 fully saturated rings. The minimum absolute atomic E-state index is 0.0135. The minimum atomic E-state index is -0.0160. The van der Waals surface area contributed by atoms with Gasteiger partial charge in [0.1, 0.15) is 5.75 Å². The van der Waals surface area contributed by atoms with Crippen molar-refractivity contribution in [2.24, 2.45) is 5.92 Å². The van der Waals surface area contributed by atoms with Crippen molar-refractivity contribution in [1.82, 2.24) is 10.6 Å². The molecule has 0 saturated heterocycles. The summed E-state index contributed by atoms with van der Waals surface area (Å²) in [7, 11) is 1.67. The van der Waals surface area contributed by atoms with E-state index in [2.05, 4.69) is 38.7 Å². The van der Waals surface area contributed by atoms with Crippen molar-refractivity contribution in [3.63, 3.8) is 0 Å². The van der Waals surface area contributed by atoms with E-state index in [9.17, 15) is 4.79 Å². The van der Waals surface area contributed by atoms with Crippen LogP contribution in [0.1, 0.15) is 43.0 Å². The summed E-state index contributed by atoms with van der Waals surface area (Å²) in [6.45, 7) is 2.32. The number of benzene rings is 2. The van der Waals surface area contributed by atoms with E-state index in [0.29, 0.717) is 12.5 Å². The number of ether oxygens (including phenoxy) is 1. The number of nitrogens with one attached hydrogen (secondary N) is 2. The highest BCUT2D eigenvalue weighted by molar-refractivity contribution is 9.10. The Morgan fingerprint density at radius 1 is 1.12 bits per heavy atom. The number of hydrogen-bond donors (Lipinski definition) is 2. The molecule has 0 aliphatic heterocycles. The predicted octanol–water partition coefficient (Wildman–Crippen LogP) is 4.38. The van der Waals surface area contributed by atoms with Crippen molar-refractivity contribution in [2.75, 3.05) is 13.7 Å². The molecule has 0 radical (unpaired) electrons. The molecule has 3 rings (SSSR count). The maximum atomic E-state index is 12.4. The summed E-state index contributed by atoms with van der Waals surface area (Å²) in [5, 5.41) is 6.50. The molecule has 0 bridgehead atoms. The van der Waals surface area contributed by atoms with Gasteiger partial charge in [-0.1, -0.05) is 40.2 Å². The van der Waals surface area contributed by atoms with Crippen molar-refractivity contribution < 1.29 is 9.53 Å². The van der Waals surface area contributed by atoms with E-state index < -0.39 is 0 Å². The Balaban J connectivity index is 1.55. The number of halogens is 1. The van der Waals surface area contributed by atoms with Crippen LogP contribution in [-0.4, -0.2) is 19.6 Å². The Morgan fingerprint density at radius 2 is 1.73 bits per heavy atom. The number of carbonyl (C=O) groups is 1. The quantitative estimate of drug-likeness (QED) is 0.671. The highest BCUT2D eigenvalue weighted by Gasteiger charge is 2.32. The van der Waals surface area contributed by atoms with Crippen molar-refractivity contribution in [3.8, 4) is 5.75 Å². The van der Waals surface area contributed by atoms with Crippen LogP contribution in [0.15, 0.2) is 53.0 Å². The maximum absolute atomic E-state index is 12.4. The number of carbonyl (C=O) groups excluding carboxylic acids is 1. The van der Waals surface area contributed by atoms with Crippen LogP contribution in [-0.2, 0) is 4.79 Å². The van der Waals surface area contributed by atoms with Crippen molar-refractivity contribution in [2.45, 2.75) is 31.8 Å². The second-order valence-electron chi connectivity index (χ2n) is 6.81. The lowest BCUT2D eigenvalue weighted by atomic mass is 10.0. The third-order valence-electron chi connectivity index (χ3n) is 4.80. The smallest absolute Gasteiger partial charge is 0.234 e. The summed E-state index contributed by atoms with van der Waals surface area (Å²) in [5.41, 5.74) is 2.30. The third-order valence-corrected chi connectivity index (χ3v) is 5.33. The zero-order valence-corrected chi connectivity index (χ0v) is 16.8. The summed E-state index contributed by atoms with van der Waals surface area (Å²) in [6, 6.07) is 16.3. The van der Waals surface area contributed by atoms with Gasteiger partial charge in [-0.2, -0.15) is 0 Å². The van der Waals surface area contributed by atoms with E-state index >= 15 is 0 Å². The molecule has 2 unspecified atom stereocenters. The number of rotatable bonds is 8. The van der Waals surface area contributed by atoms with E-state index in [0.717, 1.165) is 15.8 Å². The van der Waals surface area contributed by atoms with Gasteiger partial charge in [0, 0.05) is 10.5 Å². The first-order valence-corrected chi connectivity index (χ1v) is 9.78. The number of amides is 1. The Kier molecular flexibility index (Phi) is 6.33. The lowest BCUT2D eigenvalue weighted by Crippen LogP contribution is -2.37. The first-order chi connectivity index (χ1) is 12.6. The standard InChI is InChI=1S/C21H25BrN2O2/c1-14(15-5-9-18(22)10-6-15)24-20(25)13-23-21(16-3-4-16)17-7-11-19(26-2)12-8-17/h5-12,14,16,21,23H,3-4,13H2,1-2H3,(H,24,25). The largest absolute Gasteiger partial charge is 0.497 e. The highest BCUT2D eigenvalue weighted by Crippen LogP contribution is 2.41. The second kappa shape index (κ2) is 8.69. The van der Waals surface area contributed by atoms with Gasteiger partial charge in [0.2, 0.25) is 5.91 Å². The molecule has 4 nitrogen and oxygen atoms in total. The predicted molar refractivity (Wildman–Crippen MR) is 107 cm³/mol. The van der Waals surface area contributed by atoms with Crippen molar-refractivity contribution >= 4 is 21.8 Å². The fraction of sp³-hybridized carbons (Fsp3) is 0.381. The van der Waals surface area contributed by atoms with E-state index in [4.69, 9.17) is 4.74 Å². The van der Waals surface area contributed by atoms with Gasteiger partial charge >= 0.3 is 0 Å². The lowest BCUT2D eigenvalue weighted by molar-refractivity contribution is -0.121. The van der Waals surface area contributed by atoms with Gasteiger partial charge in [0.15, 0.2) is 0 Å². The molecule has 1 saturated carbocycles. The Morgan fingerprint density at radius 3 is 2.31 bits per heavy atom. The van der Waals surface area contributed by atoms with Gasteiger partial charge in [-0.25, -0.2) is 0 Å². The van der Waals surface area contributed by atoms with Crippen LogP contribution in [0.4, 0.5) is 0 Å². The molecule has 0 spiro atoms. The molecule has 2 atom stereocenters. The van der Waals surface area contributed by atoms with Gasteiger partial charge in [-0.05, 0) is 61.1 Å². The SMILES string of the molecule is COc1ccc(C(NCC(=O)NC(C)c2ccc(Br)cc2)C2CC2)cc1. The first kappa shape index (κ1) is 18.9. The summed E-state index contributed by atoms with van der Waals surface area (Å²) < 4.78 is 6.26. The topological polar surface area (TPSA) is 50.4 Å². The van der Waals surface area contributed by atoms with E-state index in [1.807, 2.05) is 43.3 Å². The molecule has 0 aromatic heterocycles. The average Bonchev–Trinajstić information content (AvgIpc) is 3.48. The monoisotopic (exact) mass is 416 g/mol. The van der Waals surface area contributed by atoms with Crippen LogP contribution in [0, 0.1) is 5.92 Å². The molecule has 1 amide bonds. The van der Waals surface area contributed by atoms with Crippen LogP contribution in [0.2, 0.25) is 0 Å². The van der Waals surface area contributed by atoms with E-state index in [1.165, 1.54) is 18.4 Å². The average molecular weight is 417 g/mol. The zero-order chi connectivity index (χ0) is 18.5. The molecular weight excluding hydrogens is 392 g/mol. The Bertz CT molecular complexity index is 727. The molecular formula is C21H25BrN2O2. The highest BCUT2D eigenvalue weighted by atomic mass is 79.9. The van der Waals surface area contributed by atoms with Crippen molar-refractivity contribution in [1.29, 1.82) is 0 Å². The van der Waals surface area contributed by atoms with Gasteiger partial charge in [-0.3, -0.25) is 4.79 Å². The summed E-state index contributed by atoms with van der Waals surface area (Å²) in [6.07, 6.45) is 2.42. The van der Waals surface area contributed by atoms with Gasteiger partial charge in [-0.15, -0.1) is 0 Å². The van der Waals surface area contributed by atoms with Crippen molar-refractivity contribution in [3.05, 3.63) is 64.1 Å². The fourth-order valence-corrected chi connectivity index (χ4v) is 3.39. The fourth-order valence-electron chi connectivity index (χ4n) is 3.13. The van der Waals surface area contributed by atoms with Gasteiger partial charge < -0.3 is 15.4 Å². The van der Waals surface area contributed by atoms with Crippen LogP contribution in [0.5, 0.6) is 5.75 Å². The summed E-state index contributed by atoms with van der Waals surface area (Å²) in [4.78, 5) is 12.4. The number of methoxy groups -OCH3 is 1. The van der Waals surface area contributed by atoms with Crippen LogP contribution in [0.3, 0.4) is 0 Å². The molecule has 138 valence electrons. The van der Waals surface area contributed by atoms with E-state index in [-0.39, 0.29) is 18.0 Å². The Labute approximate surface area is 163 Å². The molecule has 1 aliphatic carbocycles. The molecule has 5 heteroatoms.